The second kappa shape index (κ2) is 7.25. The minimum absolute atomic E-state index is 0.0173. The van der Waals surface area contributed by atoms with Gasteiger partial charge in [-0.1, -0.05) is 0 Å². The lowest BCUT2D eigenvalue weighted by Crippen LogP contribution is -2.38. The number of hydrogen-bond acceptors (Lipinski definition) is 7. The summed E-state index contributed by atoms with van der Waals surface area (Å²) in [4.78, 5) is 22.7. The van der Waals surface area contributed by atoms with Gasteiger partial charge in [-0.3, -0.25) is 4.79 Å². The van der Waals surface area contributed by atoms with Crippen LogP contribution in [-0.2, 0) is 14.6 Å². The van der Waals surface area contributed by atoms with Gasteiger partial charge in [0.1, 0.15) is 17.3 Å². The van der Waals surface area contributed by atoms with Gasteiger partial charge in [-0.25, -0.2) is 18.4 Å². The number of rotatable bonds is 5. The van der Waals surface area contributed by atoms with E-state index in [0.717, 1.165) is 19.4 Å². The van der Waals surface area contributed by atoms with Crippen molar-refractivity contribution in [2.45, 2.75) is 38.3 Å². The summed E-state index contributed by atoms with van der Waals surface area (Å²) >= 11 is 0. The third kappa shape index (κ3) is 4.46. The van der Waals surface area contributed by atoms with Crippen molar-refractivity contribution in [1.82, 2.24) is 14.9 Å². The van der Waals surface area contributed by atoms with Crippen LogP contribution in [0.3, 0.4) is 0 Å². The first-order valence-corrected chi connectivity index (χ1v) is 10.3. The molecule has 25 heavy (non-hydrogen) atoms. The first kappa shape index (κ1) is 18.1. The average molecular weight is 368 g/mol. The van der Waals surface area contributed by atoms with Gasteiger partial charge in [0, 0.05) is 32.3 Å². The lowest BCUT2D eigenvalue weighted by molar-refractivity contribution is 0.0741. The van der Waals surface area contributed by atoms with Crippen LogP contribution in [0.1, 0.15) is 35.6 Å². The standard InChI is InChI=1S/C16H24N4O4S/c1-11-18-14(8-15(19-11)17-9-13-4-3-6-24-13)16(21)20(2)12-5-7-25(22,23)10-12/h8,12-13H,3-7,9-10H2,1-2H3,(H,17,18,19). The average Bonchev–Trinajstić information content (AvgIpc) is 3.20. The molecule has 0 radical (unpaired) electrons. The van der Waals surface area contributed by atoms with Crippen LogP contribution < -0.4 is 5.32 Å². The van der Waals surface area contributed by atoms with Crippen molar-refractivity contribution in [3.63, 3.8) is 0 Å². The fourth-order valence-electron chi connectivity index (χ4n) is 3.22. The van der Waals surface area contributed by atoms with E-state index in [2.05, 4.69) is 15.3 Å². The summed E-state index contributed by atoms with van der Waals surface area (Å²) in [6, 6.07) is 1.32. The van der Waals surface area contributed by atoms with Crippen LogP contribution in [-0.4, -0.2) is 73.0 Å². The van der Waals surface area contributed by atoms with Gasteiger partial charge >= 0.3 is 0 Å². The second-order valence-electron chi connectivity index (χ2n) is 6.67. The SMILES string of the molecule is Cc1nc(NCC2CCCO2)cc(C(=O)N(C)C2CCS(=O)(=O)C2)n1. The molecule has 1 amide bonds. The van der Waals surface area contributed by atoms with Gasteiger partial charge in [0.05, 0.1) is 17.6 Å². The fourth-order valence-corrected chi connectivity index (χ4v) is 4.99. The van der Waals surface area contributed by atoms with Crippen LogP contribution >= 0.6 is 0 Å². The Bertz CT molecular complexity index is 747. The van der Waals surface area contributed by atoms with E-state index in [1.807, 2.05) is 0 Å². The summed E-state index contributed by atoms with van der Waals surface area (Å²) in [5.74, 6) is 0.940. The van der Waals surface area contributed by atoms with Crippen LogP contribution in [0.5, 0.6) is 0 Å². The molecule has 2 fully saturated rings. The van der Waals surface area contributed by atoms with Gasteiger partial charge in [-0.05, 0) is 26.2 Å². The quantitative estimate of drug-likeness (QED) is 0.813. The van der Waals surface area contributed by atoms with Crippen molar-refractivity contribution >= 4 is 21.6 Å². The predicted octanol–water partition coefficient (Wildman–Crippen LogP) is 0.635. The van der Waals surface area contributed by atoms with Crippen LogP contribution in [0.15, 0.2) is 6.07 Å². The molecule has 0 aliphatic carbocycles. The zero-order valence-electron chi connectivity index (χ0n) is 14.6. The Morgan fingerprint density at radius 1 is 1.40 bits per heavy atom. The molecule has 9 heteroatoms. The summed E-state index contributed by atoms with van der Waals surface area (Å²) in [5.41, 5.74) is 0.272. The second-order valence-corrected chi connectivity index (χ2v) is 8.90. The third-order valence-electron chi connectivity index (χ3n) is 4.67. The Morgan fingerprint density at radius 3 is 2.84 bits per heavy atom. The van der Waals surface area contributed by atoms with Gasteiger partial charge < -0.3 is 15.0 Å². The molecular formula is C16H24N4O4S. The molecule has 2 aliphatic rings. The van der Waals surface area contributed by atoms with Gasteiger partial charge in [0.2, 0.25) is 0 Å². The monoisotopic (exact) mass is 368 g/mol. The maximum Gasteiger partial charge on any atom is 0.272 e. The van der Waals surface area contributed by atoms with Crippen LogP contribution in [0.4, 0.5) is 5.82 Å². The molecule has 138 valence electrons. The van der Waals surface area contributed by atoms with Crippen molar-refractivity contribution in [2.24, 2.45) is 0 Å². The highest BCUT2D eigenvalue weighted by Crippen LogP contribution is 2.19. The minimum atomic E-state index is -3.04. The summed E-state index contributed by atoms with van der Waals surface area (Å²) in [5, 5.41) is 3.20. The van der Waals surface area contributed by atoms with Crippen molar-refractivity contribution in [3.8, 4) is 0 Å². The molecule has 3 heterocycles. The Kier molecular flexibility index (Phi) is 5.24. The van der Waals surface area contributed by atoms with Gasteiger partial charge in [0.25, 0.3) is 5.91 Å². The van der Waals surface area contributed by atoms with Crippen molar-refractivity contribution in [3.05, 3.63) is 17.6 Å². The summed E-state index contributed by atoms with van der Waals surface area (Å²) in [6.07, 6.45) is 2.72. The molecule has 2 aliphatic heterocycles. The van der Waals surface area contributed by atoms with E-state index in [1.165, 1.54) is 4.90 Å². The molecule has 0 bridgehead atoms. The summed E-state index contributed by atoms with van der Waals surface area (Å²) in [7, 11) is -1.41. The lowest BCUT2D eigenvalue weighted by Gasteiger charge is -2.23. The molecule has 2 atom stereocenters. The van der Waals surface area contributed by atoms with Gasteiger partial charge in [0.15, 0.2) is 9.84 Å². The number of aryl methyl sites for hydroxylation is 1. The van der Waals surface area contributed by atoms with E-state index in [4.69, 9.17) is 4.74 Å². The van der Waals surface area contributed by atoms with Gasteiger partial charge in [-0.2, -0.15) is 0 Å². The maximum atomic E-state index is 12.7. The third-order valence-corrected chi connectivity index (χ3v) is 6.42. The molecule has 0 spiro atoms. The highest BCUT2D eigenvalue weighted by molar-refractivity contribution is 7.91. The molecule has 2 unspecified atom stereocenters. The number of anilines is 1. The topological polar surface area (TPSA) is 101 Å². The molecule has 1 aromatic rings. The van der Waals surface area contributed by atoms with E-state index in [9.17, 15) is 13.2 Å². The number of hydrogen-bond donors (Lipinski definition) is 1. The zero-order valence-corrected chi connectivity index (χ0v) is 15.4. The molecule has 2 saturated heterocycles. The molecule has 0 saturated carbocycles. The van der Waals surface area contributed by atoms with Crippen molar-refractivity contribution in [2.75, 3.05) is 37.0 Å². The van der Waals surface area contributed by atoms with Crippen LogP contribution in [0.25, 0.3) is 0 Å². The Hall–Kier alpha value is -1.74. The zero-order chi connectivity index (χ0) is 18.0. The molecule has 3 rings (SSSR count). The number of carbonyl (C=O) groups excluding carboxylic acids is 1. The van der Waals surface area contributed by atoms with Crippen molar-refractivity contribution < 1.29 is 17.9 Å². The number of ether oxygens (including phenoxy) is 1. The smallest absolute Gasteiger partial charge is 0.272 e. The molecule has 1 N–H and O–H groups in total. The number of sulfone groups is 1. The van der Waals surface area contributed by atoms with Crippen LogP contribution in [0.2, 0.25) is 0 Å². The largest absolute Gasteiger partial charge is 0.376 e. The molecule has 8 nitrogen and oxygen atoms in total. The first-order chi connectivity index (χ1) is 11.8. The number of nitrogens with one attached hydrogen (secondary N) is 1. The molecule has 0 aromatic carbocycles. The predicted molar refractivity (Wildman–Crippen MR) is 93.4 cm³/mol. The highest BCUT2D eigenvalue weighted by Gasteiger charge is 2.33. The first-order valence-electron chi connectivity index (χ1n) is 8.53. The Balaban J connectivity index is 1.69. The maximum absolute atomic E-state index is 12.7. The number of aromatic nitrogens is 2. The number of nitrogens with zero attached hydrogens (tertiary/aromatic N) is 3. The highest BCUT2D eigenvalue weighted by atomic mass is 32.2. The summed E-state index contributed by atoms with van der Waals surface area (Å²) < 4.78 is 28.8. The van der Waals surface area contributed by atoms with E-state index < -0.39 is 9.84 Å². The van der Waals surface area contributed by atoms with E-state index in [1.54, 1.807) is 20.0 Å². The van der Waals surface area contributed by atoms with Crippen LogP contribution in [0, 0.1) is 6.92 Å². The molecular weight excluding hydrogens is 344 g/mol. The van der Waals surface area contributed by atoms with Gasteiger partial charge in [-0.15, -0.1) is 0 Å². The fraction of sp³-hybridized carbons (Fsp3) is 0.688. The summed E-state index contributed by atoms with van der Waals surface area (Å²) in [6.45, 7) is 3.16. The Labute approximate surface area is 147 Å². The minimum Gasteiger partial charge on any atom is -0.376 e. The normalized spacial score (nSPS) is 25.0. The number of amides is 1. The van der Waals surface area contributed by atoms with Crippen molar-refractivity contribution in [1.29, 1.82) is 0 Å². The Morgan fingerprint density at radius 2 is 2.20 bits per heavy atom. The lowest BCUT2D eigenvalue weighted by atomic mass is 10.2. The number of carbonyl (C=O) groups is 1. The van der Waals surface area contributed by atoms with E-state index in [0.29, 0.717) is 24.6 Å². The molecule has 1 aromatic heterocycles. The van der Waals surface area contributed by atoms with E-state index in [-0.39, 0.29) is 35.3 Å². The van der Waals surface area contributed by atoms with E-state index >= 15 is 0 Å².